The van der Waals surface area contributed by atoms with Crippen molar-refractivity contribution in [1.82, 2.24) is 14.5 Å². The summed E-state index contributed by atoms with van der Waals surface area (Å²) in [5.41, 5.74) is 10.1. The SMILES string of the molecule is CCn1c(-c2ccnc3[nH]ccc23)cc(C(N)=O)c1-c1ccc(Cl)cc1Cl. The van der Waals surface area contributed by atoms with Gasteiger partial charge in [0.2, 0.25) is 0 Å². The van der Waals surface area contributed by atoms with Crippen LogP contribution in [0.2, 0.25) is 10.0 Å². The number of aromatic amines is 1. The maximum atomic E-state index is 12.2. The fraction of sp³-hybridized carbons (Fsp3) is 0.100. The molecule has 0 saturated heterocycles. The lowest BCUT2D eigenvalue weighted by Gasteiger charge is -2.14. The van der Waals surface area contributed by atoms with Crippen LogP contribution >= 0.6 is 23.2 Å². The van der Waals surface area contributed by atoms with Gasteiger partial charge in [-0.25, -0.2) is 4.98 Å². The minimum Gasteiger partial charge on any atom is -0.366 e. The van der Waals surface area contributed by atoms with Crippen molar-refractivity contribution in [2.75, 3.05) is 0 Å². The molecule has 0 aliphatic rings. The molecule has 1 amide bonds. The van der Waals surface area contributed by atoms with Crippen LogP contribution in [0.1, 0.15) is 17.3 Å². The Morgan fingerprint density at radius 1 is 1.19 bits per heavy atom. The molecule has 0 aliphatic carbocycles. The third kappa shape index (κ3) is 2.89. The van der Waals surface area contributed by atoms with Crippen LogP contribution in [0.4, 0.5) is 0 Å². The molecule has 0 bridgehead atoms. The third-order valence-electron chi connectivity index (χ3n) is 4.60. The summed E-state index contributed by atoms with van der Waals surface area (Å²) in [5.74, 6) is -0.510. The molecular formula is C20H16Cl2N4O. The maximum absolute atomic E-state index is 12.2. The number of nitrogens with one attached hydrogen (secondary N) is 1. The van der Waals surface area contributed by atoms with Gasteiger partial charge in [0, 0.05) is 40.5 Å². The highest BCUT2D eigenvalue weighted by Gasteiger charge is 2.23. The Morgan fingerprint density at radius 3 is 2.70 bits per heavy atom. The van der Waals surface area contributed by atoms with E-state index in [-0.39, 0.29) is 0 Å². The van der Waals surface area contributed by atoms with Gasteiger partial charge in [0.05, 0.1) is 22.0 Å². The minimum absolute atomic E-state index is 0.413. The molecule has 136 valence electrons. The van der Waals surface area contributed by atoms with Crippen LogP contribution in [-0.4, -0.2) is 20.4 Å². The van der Waals surface area contributed by atoms with Crippen molar-refractivity contribution in [2.45, 2.75) is 13.5 Å². The normalized spacial score (nSPS) is 11.2. The predicted octanol–water partition coefficient (Wildman–Crippen LogP) is 5.12. The standard InChI is InChI=1S/C20H16Cl2N4O/c1-2-26-17(12-5-7-24-20-13(12)6-8-25-20)10-15(19(23)27)18(26)14-4-3-11(21)9-16(14)22/h3-10H,2H2,1H3,(H2,23,27)(H,24,25). The van der Waals surface area contributed by atoms with Gasteiger partial charge in [-0.1, -0.05) is 23.2 Å². The van der Waals surface area contributed by atoms with Crippen LogP contribution in [0.25, 0.3) is 33.5 Å². The topological polar surface area (TPSA) is 76.7 Å². The van der Waals surface area contributed by atoms with Crippen molar-refractivity contribution in [3.8, 4) is 22.5 Å². The second kappa shape index (κ2) is 6.76. The molecule has 3 N–H and O–H groups in total. The molecule has 27 heavy (non-hydrogen) atoms. The number of hydrogen-bond donors (Lipinski definition) is 2. The first kappa shape index (κ1) is 17.6. The number of pyridine rings is 1. The van der Waals surface area contributed by atoms with Gasteiger partial charge in [-0.2, -0.15) is 0 Å². The minimum atomic E-state index is -0.510. The molecule has 3 heterocycles. The summed E-state index contributed by atoms with van der Waals surface area (Å²) < 4.78 is 2.04. The molecule has 4 rings (SSSR count). The Balaban J connectivity index is 2.06. The van der Waals surface area contributed by atoms with E-state index >= 15 is 0 Å². The average Bonchev–Trinajstić information content (AvgIpc) is 3.25. The number of aromatic nitrogens is 3. The lowest BCUT2D eigenvalue weighted by atomic mass is 10.1. The van der Waals surface area contributed by atoms with Crippen molar-refractivity contribution in [3.05, 3.63) is 64.4 Å². The van der Waals surface area contributed by atoms with Gasteiger partial charge in [0.15, 0.2) is 0 Å². The first-order valence-electron chi connectivity index (χ1n) is 8.42. The zero-order valence-corrected chi connectivity index (χ0v) is 16.0. The summed E-state index contributed by atoms with van der Waals surface area (Å²) in [4.78, 5) is 19.7. The zero-order chi connectivity index (χ0) is 19.1. The highest BCUT2D eigenvalue weighted by molar-refractivity contribution is 6.36. The Kier molecular flexibility index (Phi) is 4.42. The first-order chi connectivity index (χ1) is 13.0. The largest absolute Gasteiger partial charge is 0.366 e. The van der Waals surface area contributed by atoms with Gasteiger partial charge < -0.3 is 15.3 Å². The summed E-state index contributed by atoms with van der Waals surface area (Å²) in [5, 5.41) is 1.96. The molecule has 0 spiro atoms. The molecule has 4 aromatic rings. The van der Waals surface area contributed by atoms with E-state index in [1.54, 1.807) is 24.4 Å². The van der Waals surface area contributed by atoms with Crippen molar-refractivity contribution >= 4 is 40.1 Å². The summed E-state index contributed by atoms with van der Waals surface area (Å²) in [6.07, 6.45) is 3.58. The molecule has 5 nitrogen and oxygen atoms in total. The molecule has 3 aromatic heterocycles. The summed E-state index contributed by atoms with van der Waals surface area (Å²) in [6, 6.07) is 10.9. The number of rotatable bonds is 4. The Bertz CT molecular complexity index is 1180. The molecule has 0 atom stereocenters. The first-order valence-corrected chi connectivity index (χ1v) is 9.18. The average molecular weight is 399 g/mol. The smallest absolute Gasteiger partial charge is 0.250 e. The molecule has 0 saturated carbocycles. The lowest BCUT2D eigenvalue weighted by Crippen LogP contribution is -2.12. The van der Waals surface area contributed by atoms with Gasteiger partial charge in [-0.15, -0.1) is 0 Å². The van der Waals surface area contributed by atoms with Crippen molar-refractivity contribution < 1.29 is 4.79 Å². The second-order valence-electron chi connectivity index (χ2n) is 6.12. The number of carbonyl (C=O) groups excluding carboxylic acids is 1. The number of nitrogens with zero attached hydrogens (tertiary/aromatic N) is 2. The third-order valence-corrected chi connectivity index (χ3v) is 5.15. The number of primary amides is 1. The molecule has 0 aliphatic heterocycles. The number of fused-ring (bicyclic) bond motifs is 1. The van der Waals surface area contributed by atoms with Crippen LogP contribution in [0.15, 0.2) is 48.8 Å². The number of nitrogens with two attached hydrogens (primary N) is 1. The van der Waals surface area contributed by atoms with Gasteiger partial charge in [-0.3, -0.25) is 4.79 Å². The van der Waals surface area contributed by atoms with Crippen LogP contribution in [0.5, 0.6) is 0 Å². The molecule has 7 heteroatoms. The van der Waals surface area contributed by atoms with Gasteiger partial charge in [-0.05, 0) is 43.3 Å². The van der Waals surface area contributed by atoms with Crippen LogP contribution < -0.4 is 5.73 Å². The number of halogens is 2. The fourth-order valence-corrected chi connectivity index (χ4v) is 3.94. The van der Waals surface area contributed by atoms with E-state index < -0.39 is 5.91 Å². The Morgan fingerprint density at radius 2 is 2.00 bits per heavy atom. The van der Waals surface area contributed by atoms with Crippen molar-refractivity contribution in [3.63, 3.8) is 0 Å². The quantitative estimate of drug-likeness (QED) is 0.500. The van der Waals surface area contributed by atoms with E-state index in [1.165, 1.54) is 0 Å². The van der Waals surface area contributed by atoms with E-state index in [0.29, 0.717) is 33.4 Å². The van der Waals surface area contributed by atoms with Gasteiger partial charge >= 0.3 is 0 Å². The van der Waals surface area contributed by atoms with E-state index in [2.05, 4.69) is 9.97 Å². The molecule has 1 aromatic carbocycles. The number of carbonyl (C=O) groups is 1. The summed E-state index contributed by atoms with van der Waals surface area (Å²) in [6.45, 7) is 2.64. The van der Waals surface area contributed by atoms with Gasteiger partial charge in [0.25, 0.3) is 5.91 Å². The van der Waals surface area contributed by atoms with Crippen LogP contribution in [0.3, 0.4) is 0 Å². The second-order valence-corrected chi connectivity index (χ2v) is 6.97. The Labute approximate surface area is 165 Å². The van der Waals surface area contributed by atoms with Crippen LogP contribution in [-0.2, 0) is 6.54 Å². The summed E-state index contributed by atoms with van der Waals surface area (Å²) in [7, 11) is 0. The molecular weight excluding hydrogens is 383 g/mol. The van der Waals surface area contributed by atoms with Crippen molar-refractivity contribution in [1.29, 1.82) is 0 Å². The van der Waals surface area contributed by atoms with E-state index in [4.69, 9.17) is 28.9 Å². The van der Waals surface area contributed by atoms with Crippen LogP contribution in [0, 0.1) is 0 Å². The highest BCUT2D eigenvalue weighted by atomic mass is 35.5. The molecule has 0 fully saturated rings. The molecule has 0 radical (unpaired) electrons. The fourth-order valence-electron chi connectivity index (χ4n) is 3.44. The van der Waals surface area contributed by atoms with E-state index in [9.17, 15) is 4.79 Å². The Hall–Kier alpha value is -2.76. The van der Waals surface area contributed by atoms with Crippen molar-refractivity contribution in [2.24, 2.45) is 5.73 Å². The molecule has 0 unspecified atom stereocenters. The monoisotopic (exact) mass is 398 g/mol. The summed E-state index contributed by atoms with van der Waals surface area (Å²) >= 11 is 12.5. The number of amides is 1. The number of hydrogen-bond acceptors (Lipinski definition) is 2. The lowest BCUT2D eigenvalue weighted by molar-refractivity contribution is 0.100. The zero-order valence-electron chi connectivity index (χ0n) is 14.5. The van der Waals surface area contributed by atoms with E-state index in [0.717, 1.165) is 22.3 Å². The maximum Gasteiger partial charge on any atom is 0.250 e. The predicted molar refractivity (Wildman–Crippen MR) is 109 cm³/mol. The van der Waals surface area contributed by atoms with Gasteiger partial charge in [0.1, 0.15) is 5.65 Å². The highest BCUT2D eigenvalue weighted by Crippen LogP contribution is 2.38. The number of H-pyrrole nitrogens is 1. The van der Waals surface area contributed by atoms with E-state index in [1.807, 2.05) is 35.9 Å². The number of benzene rings is 1.